The molecule has 0 fully saturated rings. The van der Waals surface area contributed by atoms with Crippen LogP contribution in [0.4, 0.5) is 11.4 Å². The molecule has 21 heavy (non-hydrogen) atoms. The van der Waals surface area contributed by atoms with Crippen LogP contribution in [-0.2, 0) is 6.54 Å². The lowest BCUT2D eigenvalue weighted by atomic mass is 10.1. The third-order valence-electron chi connectivity index (χ3n) is 3.13. The molecule has 0 aliphatic heterocycles. The first-order valence-electron chi connectivity index (χ1n) is 6.32. The van der Waals surface area contributed by atoms with Gasteiger partial charge in [-0.05, 0) is 31.2 Å². The minimum atomic E-state index is -0.375. The molecular weight excluding hydrogens is 336 g/mol. The number of hydrogen-bond donors (Lipinski definition) is 1. The number of nitrogens with one attached hydrogen (secondary N) is 1. The van der Waals surface area contributed by atoms with Gasteiger partial charge in [-0.25, -0.2) is 0 Å². The lowest BCUT2D eigenvalue weighted by Crippen LogP contribution is -2.02. The molecule has 0 aliphatic carbocycles. The van der Waals surface area contributed by atoms with E-state index in [-0.39, 0.29) is 10.6 Å². The van der Waals surface area contributed by atoms with Crippen molar-refractivity contribution in [3.63, 3.8) is 0 Å². The fourth-order valence-corrected chi connectivity index (χ4v) is 2.41. The molecule has 0 bridgehead atoms. The van der Waals surface area contributed by atoms with E-state index in [4.69, 9.17) is 4.74 Å². The number of anilines is 1. The van der Waals surface area contributed by atoms with Gasteiger partial charge in [0.25, 0.3) is 5.69 Å². The highest BCUT2D eigenvalue weighted by molar-refractivity contribution is 9.10. The smallest absolute Gasteiger partial charge is 0.274 e. The Hall–Kier alpha value is -2.08. The van der Waals surface area contributed by atoms with Crippen molar-refractivity contribution < 1.29 is 9.66 Å². The molecule has 6 heteroatoms. The molecule has 2 aromatic carbocycles. The summed E-state index contributed by atoms with van der Waals surface area (Å²) in [6.07, 6.45) is 0. The van der Waals surface area contributed by atoms with Crippen LogP contribution < -0.4 is 10.1 Å². The summed E-state index contributed by atoms with van der Waals surface area (Å²) in [5, 5.41) is 14.1. The number of benzene rings is 2. The Kier molecular flexibility index (Phi) is 4.80. The third-order valence-corrected chi connectivity index (χ3v) is 3.62. The average molecular weight is 351 g/mol. The monoisotopic (exact) mass is 350 g/mol. The van der Waals surface area contributed by atoms with Crippen molar-refractivity contribution in [2.75, 3.05) is 12.4 Å². The number of aryl methyl sites for hydroxylation is 1. The molecule has 1 N–H and O–H groups in total. The molecule has 0 amide bonds. The van der Waals surface area contributed by atoms with Gasteiger partial charge in [0, 0.05) is 33.9 Å². The molecule has 0 spiro atoms. The number of nitro benzene ring substituents is 1. The van der Waals surface area contributed by atoms with E-state index in [1.807, 2.05) is 24.3 Å². The van der Waals surface area contributed by atoms with Crippen molar-refractivity contribution in [2.45, 2.75) is 13.5 Å². The van der Waals surface area contributed by atoms with Gasteiger partial charge in [0.15, 0.2) is 0 Å². The number of rotatable bonds is 5. The number of methoxy groups -OCH3 is 1. The van der Waals surface area contributed by atoms with Crippen LogP contribution >= 0.6 is 15.9 Å². The molecule has 110 valence electrons. The highest BCUT2D eigenvalue weighted by atomic mass is 79.9. The van der Waals surface area contributed by atoms with Gasteiger partial charge in [0.05, 0.1) is 12.0 Å². The zero-order valence-corrected chi connectivity index (χ0v) is 13.3. The second-order valence-electron chi connectivity index (χ2n) is 4.57. The maximum atomic E-state index is 10.9. The predicted octanol–water partition coefficient (Wildman–Crippen LogP) is 4.29. The van der Waals surface area contributed by atoms with E-state index in [0.717, 1.165) is 15.8 Å². The third kappa shape index (κ3) is 3.72. The SMILES string of the molecule is COc1ccc(Br)cc1CNc1ccc(C)c([N+](=O)[O-])c1. The maximum Gasteiger partial charge on any atom is 0.274 e. The van der Waals surface area contributed by atoms with Crippen LogP contribution in [0.25, 0.3) is 0 Å². The van der Waals surface area contributed by atoms with Crippen LogP contribution in [0.2, 0.25) is 0 Å². The Bertz CT molecular complexity index is 674. The van der Waals surface area contributed by atoms with Crippen molar-refractivity contribution in [2.24, 2.45) is 0 Å². The molecule has 0 atom stereocenters. The predicted molar refractivity (Wildman–Crippen MR) is 85.9 cm³/mol. The Labute approximate surface area is 131 Å². The van der Waals surface area contributed by atoms with Crippen molar-refractivity contribution in [1.82, 2.24) is 0 Å². The highest BCUT2D eigenvalue weighted by Crippen LogP contribution is 2.26. The van der Waals surface area contributed by atoms with Gasteiger partial charge in [-0.3, -0.25) is 10.1 Å². The maximum absolute atomic E-state index is 10.9. The lowest BCUT2D eigenvalue weighted by molar-refractivity contribution is -0.385. The quantitative estimate of drug-likeness (QED) is 0.645. The van der Waals surface area contributed by atoms with Gasteiger partial charge < -0.3 is 10.1 Å². The van der Waals surface area contributed by atoms with Crippen molar-refractivity contribution in [1.29, 1.82) is 0 Å². The summed E-state index contributed by atoms with van der Waals surface area (Å²) in [5.41, 5.74) is 2.43. The summed E-state index contributed by atoms with van der Waals surface area (Å²) >= 11 is 3.42. The van der Waals surface area contributed by atoms with Gasteiger partial charge in [-0.2, -0.15) is 0 Å². The minimum Gasteiger partial charge on any atom is -0.496 e. The fraction of sp³-hybridized carbons (Fsp3) is 0.200. The summed E-state index contributed by atoms with van der Waals surface area (Å²) in [6.45, 7) is 2.24. The topological polar surface area (TPSA) is 64.4 Å². The standard InChI is InChI=1S/C15H15BrN2O3/c1-10-3-5-13(8-14(10)18(19)20)17-9-11-7-12(16)4-6-15(11)21-2/h3-8,17H,9H2,1-2H3. The summed E-state index contributed by atoms with van der Waals surface area (Å²) in [7, 11) is 1.61. The number of nitro groups is 1. The Balaban J connectivity index is 2.19. The van der Waals surface area contributed by atoms with E-state index in [2.05, 4.69) is 21.2 Å². The minimum absolute atomic E-state index is 0.112. The first-order valence-corrected chi connectivity index (χ1v) is 7.12. The van der Waals surface area contributed by atoms with Crippen LogP contribution in [-0.4, -0.2) is 12.0 Å². The van der Waals surface area contributed by atoms with Gasteiger partial charge in [-0.1, -0.05) is 22.0 Å². The summed E-state index contributed by atoms with van der Waals surface area (Å²) in [5.74, 6) is 0.771. The molecule has 0 saturated heterocycles. The molecule has 0 saturated carbocycles. The summed E-state index contributed by atoms with van der Waals surface area (Å²) in [6, 6.07) is 10.8. The molecular formula is C15H15BrN2O3. The highest BCUT2D eigenvalue weighted by Gasteiger charge is 2.11. The zero-order chi connectivity index (χ0) is 15.4. The normalized spacial score (nSPS) is 10.2. The Morgan fingerprint density at radius 3 is 2.71 bits per heavy atom. The molecule has 0 aromatic heterocycles. The number of halogens is 1. The molecule has 0 aliphatic rings. The van der Waals surface area contributed by atoms with Gasteiger partial charge >= 0.3 is 0 Å². The van der Waals surface area contributed by atoms with E-state index >= 15 is 0 Å². The van der Waals surface area contributed by atoms with Gasteiger partial charge in [0.1, 0.15) is 5.75 Å². The number of nitrogens with zero attached hydrogens (tertiary/aromatic N) is 1. The summed E-state index contributed by atoms with van der Waals surface area (Å²) < 4.78 is 6.25. The number of hydrogen-bond acceptors (Lipinski definition) is 4. The van der Waals surface area contributed by atoms with Crippen LogP contribution in [0.3, 0.4) is 0 Å². The first-order chi connectivity index (χ1) is 10.0. The van der Waals surface area contributed by atoms with E-state index in [0.29, 0.717) is 17.8 Å². The second kappa shape index (κ2) is 6.58. The largest absolute Gasteiger partial charge is 0.496 e. The van der Waals surface area contributed by atoms with Gasteiger partial charge in [0.2, 0.25) is 0 Å². The molecule has 5 nitrogen and oxygen atoms in total. The van der Waals surface area contributed by atoms with Crippen molar-refractivity contribution in [3.05, 3.63) is 62.1 Å². The fourth-order valence-electron chi connectivity index (χ4n) is 2.00. The van der Waals surface area contributed by atoms with E-state index in [9.17, 15) is 10.1 Å². The molecule has 0 heterocycles. The van der Waals surface area contributed by atoms with Crippen molar-refractivity contribution in [3.8, 4) is 5.75 Å². The molecule has 0 unspecified atom stereocenters. The Morgan fingerprint density at radius 2 is 2.05 bits per heavy atom. The van der Waals surface area contributed by atoms with Crippen LogP contribution in [0.15, 0.2) is 40.9 Å². The summed E-state index contributed by atoms with van der Waals surface area (Å²) in [4.78, 5) is 10.6. The number of ether oxygens (including phenoxy) is 1. The first kappa shape index (κ1) is 15.3. The molecule has 2 rings (SSSR count). The van der Waals surface area contributed by atoms with Gasteiger partial charge in [-0.15, -0.1) is 0 Å². The van der Waals surface area contributed by atoms with E-state index in [1.54, 1.807) is 26.2 Å². The average Bonchev–Trinajstić information content (AvgIpc) is 2.46. The van der Waals surface area contributed by atoms with Crippen molar-refractivity contribution >= 4 is 27.3 Å². The van der Waals surface area contributed by atoms with E-state index < -0.39 is 0 Å². The zero-order valence-electron chi connectivity index (χ0n) is 11.7. The van der Waals surface area contributed by atoms with Crippen LogP contribution in [0, 0.1) is 17.0 Å². The lowest BCUT2D eigenvalue weighted by Gasteiger charge is -2.11. The van der Waals surface area contributed by atoms with Crippen LogP contribution in [0.1, 0.15) is 11.1 Å². The van der Waals surface area contributed by atoms with Crippen LogP contribution in [0.5, 0.6) is 5.75 Å². The molecule has 0 radical (unpaired) electrons. The van der Waals surface area contributed by atoms with E-state index in [1.165, 1.54) is 0 Å². The molecule has 2 aromatic rings. The second-order valence-corrected chi connectivity index (χ2v) is 5.48. The Morgan fingerprint density at radius 1 is 1.29 bits per heavy atom.